The smallest absolute Gasteiger partial charge is 0.248 e. The molecule has 3 fully saturated rings. The van der Waals surface area contributed by atoms with Gasteiger partial charge in [0.05, 0.1) is 46.5 Å². The number of hydrogen-bond donors (Lipinski definition) is 3. The highest BCUT2D eigenvalue weighted by Crippen LogP contribution is 2.68. The standard InChI is InChI=1S/C28H31BrClN3O5S/c1-3-16(14-34)33-24(26(36)32-20-8-6-5-7-19(20)30)28-13-18(29)23(39-28)21(22(28)27(33)37)25(35)31-15-9-11-17(12-10-15)38-4-2/h5-12,16,18,21-24,34H,3-4,13-14H2,1-2H3,(H,31,35)(H,32,36)/t16-,18?,21-,22-,23-,24?,28?/m0/s1. The molecule has 3 N–H and O–H groups in total. The predicted molar refractivity (Wildman–Crippen MR) is 157 cm³/mol. The number of likely N-dealkylation sites (tertiary alicyclic amines) is 1. The Morgan fingerprint density at radius 1 is 1.18 bits per heavy atom. The molecule has 3 amide bonds. The van der Waals surface area contributed by atoms with Crippen molar-refractivity contribution in [1.82, 2.24) is 4.90 Å². The largest absolute Gasteiger partial charge is 0.494 e. The van der Waals surface area contributed by atoms with Crippen molar-refractivity contribution >= 4 is 68.4 Å². The Hall–Kier alpha value is -2.27. The number of aliphatic hydroxyl groups excluding tert-OH is 1. The number of carbonyl (C=O) groups excluding carboxylic acids is 3. The summed E-state index contributed by atoms with van der Waals surface area (Å²) in [6, 6.07) is 12.6. The van der Waals surface area contributed by atoms with Crippen LogP contribution in [-0.4, -0.2) is 67.8 Å². The van der Waals surface area contributed by atoms with Gasteiger partial charge in [-0.15, -0.1) is 11.8 Å². The van der Waals surface area contributed by atoms with Crippen LogP contribution in [0.1, 0.15) is 26.7 Å². The van der Waals surface area contributed by atoms with E-state index in [-0.39, 0.29) is 34.4 Å². The lowest BCUT2D eigenvalue weighted by molar-refractivity contribution is -0.141. The van der Waals surface area contributed by atoms with E-state index in [9.17, 15) is 19.5 Å². The van der Waals surface area contributed by atoms with Crippen molar-refractivity contribution in [1.29, 1.82) is 0 Å². The summed E-state index contributed by atoms with van der Waals surface area (Å²) in [4.78, 5) is 43.3. The Bertz CT molecular complexity index is 1260. The van der Waals surface area contributed by atoms with Crippen LogP contribution < -0.4 is 15.4 Å². The Balaban J connectivity index is 1.49. The Morgan fingerprint density at radius 2 is 1.90 bits per heavy atom. The van der Waals surface area contributed by atoms with Gasteiger partial charge in [0.15, 0.2) is 0 Å². The fourth-order valence-electron chi connectivity index (χ4n) is 6.26. The van der Waals surface area contributed by atoms with Crippen molar-refractivity contribution in [2.24, 2.45) is 11.8 Å². The molecular weight excluding hydrogens is 606 g/mol. The lowest BCUT2D eigenvalue weighted by Crippen LogP contribution is -2.55. The van der Waals surface area contributed by atoms with E-state index >= 15 is 0 Å². The van der Waals surface area contributed by atoms with E-state index in [4.69, 9.17) is 16.3 Å². The second-order valence-corrected chi connectivity index (χ2v) is 13.2. The SMILES string of the molecule is CCOc1ccc(NC(=O)[C@H]2[C@H]3C(=O)N([C@@H](CC)CO)C(C(=O)Nc4ccccc4Cl)C34CC(Br)[C@@H]2S4)cc1. The van der Waals surface area contributed by atoms with Gasteiger partial charge in [0.1, 0.15) is 11.8 Å². The maximum atomic E-state index is 14.1. The quantitative estimate of drug-likeness (QED) is 0.349. The van der Waals surface area contributed by atoms with E-state index in [1.807, 2.05) is 13.8 Å². The van der Waals surface area contributed by atoms with Gasteiger partial charge in [-0.1, -0.05) is 46.6 Å². The normalized spacial score (nSPS) is 29.7. The van der Waals surface area contributed by atoms with Gasteiger partial charge in [-0.05, 0) is 56.2 Å². The molecule has 39 heavy (non-hydrogen) atoms. The van der Waals surface area contributed by atoms with Crippen molar-refractivity contribution < 1.29 is 24.2 Å². The van der Waals surface area contributed by atoms with Crippen LogP contribution in [0.25, 0.3) is 0 Å². The zero-order valence-corrected chi connectivity index (χ0v) is 24.8. The number of carbonyl (C=O) groups is 3. The molecule has 0 aromatic heterocycles. The van der Waals surface area contributed by atoms with Crippen LogP contribution in [0, 0.1) is 11.8 Å². The number of thioether (sulfide) groups is 1. The molecule has 3 aliphatic rings. The van der Waals surface area contributed by atoms with Crippen molar-refractivity contribution in [2.75, 3.05) is 23.8 Å². The summed E-state index contributed by atoms with van der Waals surface area (Å²) in [5, 5.41) is 16.3. The van der Waals surface area contributed by atoms with E-state index < -0.39 is 28.7 Å². The number of halogens is 2. The van der Waals surface area contributed by atoms with Crippen molar-refractivity contribution in [3.05, 3.63) is 53.6 Å². The molecule has 0 radical (unpaired) electrons. The second kappa shape index (κ2) is 11.3. The first-order valence-electron chi connectivity index (χ1n) is 13.1. The molecule has 5 rings (SSSR count). The fourth-order valence-corrected chi connectivity index (χ4v) is 10.0. The molecule has 7 atom stereocenters. The number of aliphatic hydroxyl groups is 1. The Morgan fingerprint density at radius 3 is 2.54 bits per heavy atom. The molecule has 3 unspecified atom stereocenters. The molecule has 3 saturated heterocycles. The summed E-state index contributed by atoms with van der Waals surface area (Å²) in [5.74, 6) is -1.54. The third kappa shape index (κ3) is 4.83. The molecule has 0 saturated carbocycles. The van der Waals surface area contributed by atoms with E-state index in [0.29, 0.717) is 41.6 Å². The summed E-state index contributed by atoms with van der Waals surface area (Å²) in [5.41, 5.74) is 1.06. The highest BCUT2D eigenvalue weighted by atomic mass is 79.9. The average Bonchev–Trinajstić information content (AvgIpc) is 3.51. The van der Waals surface area contributed by atoms with E-state index in [0.717, 1.165) is 0 Å². The number of nitrogens with zero attached hydrogens (tertiary/aromatic N) is 1. The molecule has 11 heteroatoms. The van der Waals surface area contributed by atoms with Crippen LogP contribution in [0.4, 0.5) is 11.4 Å². The van der Waals surface area contributed by atoms with Crippen LogP contribution >= 0.6 is 39.3 Å². The summed E-state index contributed by atoms with van der Waals surface area (Å²) < 4.78 is 4.66. The minimum Gasteiger partial charge on any atom is -0.494 e. The number of hydrogen-bond acceptors (Lipinski definition) is 6. The number of anilines is 2. The molecule has 2 bridgehead atoms. The van der Waals surface area contributed by atoms with E-state index in [1.54, 1.807) is 60.3 Å². The van der Waals surface area contributed by atoms with Gasteiger partial charge in [-0.25, -0.2) is 0 Å². The van der Waals surface area contributed by atoms with Gasteiger partial charge in [0, 0.05) is 15.8 Å². The minimum atomic E-state index is -0.873. The first-order chi connectivity index (χ1) is 18.7. The topological polar surface area (TPSA) is 108 Å². The molecular formula is C28H31BrClN3O5S. The molecule has 3 aliphatic heterocycles. The lowest BCUT2D eigenvalue weighted by atomic mass is 9.70. The minimum absolute atomic E-state index is 0.0626. The van der Waals surface area contributed by atoms with Gasteiger partial charge in [-0.2, -0.15) is 0 Å². The number of nitrogens with one attached hydrogen (secondary N) is 2. The Labute approximate surface area is 245 Å². The summed E-state index contributed by atoms with van der Waals surface area (Å²) in [6.07, 6.45) is 1.01. The van der Waals surface area contributed by atoms with Gasteiger partial charge in [0.2, 0.25) is 17.7 Å². The monoisotopic (exact) mass is 635 g/mol. The van der Waals surface area contributed by atoms with Crippen LogP contribution in [0.5, 0.6) is 5.75 Å². The number of fused-ring (bicyclic) bond motifs is 1. The molecule has 0 aliphatic carbocycles. The van der Waals surface area contributed by atoms with Crippen molar-refractivity contribution in [3.8, 4) is 5.75 Å². The van der Waals surface area contributed by atoms with Gasteiger partial charge >= 0.3 is 0 Å². The molecule has 208 valence electrons. The first-order valence-corrected chi connectivity index (χ1v) is 15.3. The first kappa shape index (κ1) is 28.3. The molecule has 2 aromatic carbocycles. The highest BCUT2D eigenvalue weighted by molar-refractivity contribution is 9.09. The maximum absolute atomic E-state index is 14.1. The second-order valence-electron chi connectivity index (χ2n) is 10.1. The van der Waals surface area contributed by atoms with Gasteiger partial charge < -0.3 is 25.4 Å². The Kier molecular flexibility index (Phi) is 8.20. The molecule has 3 heterocycles. The van der Waals surface area contributed by atoms with Crippen LogP contribution in [-0.2, 0) is 14.4 Å². The average molecular weight is 637 g/mol. The van der Waals surface area contributed by atoms with E-state index in [1.165, 1.54) is 4.90 Å². The number of amides is 3. The van der Waals surface area contributed by atoms with Gasteiger partial charge in [0.25, 0.3) is 0 Å². The zero-order chi connectivity index (χ0) is 27.9. The number of rotatable bonds is 9. The zero-order valence-electron chi connectivity index (χ0n) is 21.6. The number of para-hydroxylation sites is 1. The summed E-state index contributed by atoms with van der Waals surface area (Å²) in [7, 11) is 0. The molecule has 8 nitrogen and oxygen atoms in total. The predicted octanol–water partition coefficient (Wildman–Crippen LogP) is 4.55. The molecule has 2 aromatic rings. The maximum Gasteiger partial charge on any atom is 0.248 e. The number of ether oxygens (including phenoxy) is 1. The summed E-state index contributed by atoms with van der Waals surface area (Å²) in [6.45, 7) is 4.03. The van der Waals surface area contributed by atoms with Gasteiger partial charge in [-0.3, -0.25) is 14.4 Å². The lowest BCUT2D eigenvalue weighted by Gasteiger charge is -2.37. The van der Waals surface area contributed by atoms with Crippen LogP contribution in [0.15, 0.2) is 48.5 Å². The van der Waals surface area contributed by atoms with Crippen molar-refractivity contribution in [3.63, 3.8) is 0 Å². The highest BCUT2D eigenvalue weighted by Gasteiger charge is 2.76. The van der Waals surface area contributed by atoms with Crippen LogP contribution in [0.2, 0.25) is 5.02 Å². The van der Waals surface area contributed by atoms with Crippen LogP contribution in [0.3, 0.4) is 0 Å². The fraction of sp³-hybridized carbons (Fsp3) is 0.464. The number of alkyl halides is 1. The summed E-state index contributed by atoms with van der Waals surface area (Å²) >= 11 is 11.6. The number of benzene rings is 2. The third-order valence-electron chi connectivity index (χ3n) is 7.92. The van der Waals surface area contributed by atoms with Crippen molar-refractivity contribution in [2.45, 2.75) is 53.6 Å². The third-order valence-corrected chi connectivity index (χ3v) is 11.5. The molecule has 1 spiro atoms. The van der Waals surface area contributed by atoms with E-state index in [2.05, 4.69) is 26.6 Å².